The van der Waals surface area contributed by atoms with Crippen molar-refractivity contribution in [2.24, 2.45) is 0 Å². The number of benzene rings is 1. The molecule has 0 spiro atoms. The van der Waals surface area contributed by atoms with E-state index >= 15 is 0 Å². The van der Waals surface area contributed by atoms with Crippen molar-refractivity contribution in [1.82, 2.24) is 9.97 Å². The minimum atomic E-state index is 0.422. The minimum absolute atomic E-state index is 0.422. The van der Waals surface area contributed by atoms with Crippen molar-refractivity contribution in [2.75, 3.05) is 0 Å². The molecule has 3 nitrogen and oxygen atoms in total. The van der Waals surface area contributed by atoms with Crippen molar-refractivity contribution >= 4 is 6.29 Å². The monoisotopic (exact) mass is 184 g/mol. The Hall–Kier alpha value is -2.03. The molecule has 0 aliphatic carbocycles. The lowest BCUT2D eigenvalue weighted by molar-refractivity contribution is 0.111. The summed E-state index contributed by atoms with van der Waals surface area (Å²) in [4.78, 5) is 18.5. The Morgan fingerprint density at radius 1 is 1.14 bits per heavy atom. The SMILES string of the molecule is O=Cc1ncncc1-c1ccccc1. The Morgan fingerprint density at radius 3 is 2.64 bits per heavy atom. The van der Waals surface area contributed by atoms with E-state index in [1.165, 1.54) is 6.33 Å². The van der Waals surface area contributed by atoms with Crippen molar-refractivity contribution in [2.45, 2.75) is 0 Å². The predicted molar refractivity (Wildman–Crippen MR) is 52.9 cm³/mol. The fourth-order valence-electron chi connectivity index (χ4n) is 1.27. The normalized spacial score (nSPS) is 9.71. The van der Waals surface area contributed by atoms with Gasteiger partial charge in [-0.2, -0.15) is 0 Å². The highest BCUT2D eigenvalue weighted by Crippen LogP contribution is 2.19. The van der Waals surface area contributed by atoms with Gasteiger partial charge < -0.3 is 0 Å². The Morgan fingerprint density at radius 2 is 1.93 bits per heavy atom. The van der Waals surface area contributed by atoms with Crippen molar-refractivity contribution in [3.05, 3.63) is 48.5 Å². The average Bonchev–Trinajstić information content (AvgIpc) is 2.30. The number of hydrogen-bond donors (Lipinski definition) is 0. The summed E-state index contributed by atoms with van der Waals surface area (Å²) in [6.07, 6.45) is 3.76. The van der Waals surface area contributed by atoms with Gasteiger partial charge in [0.1, 0.15) is 12.0 Å². The topological polar surface area (TPSA) is 42.9 Å². The Labute approximate surface area is 81.5 Å². The van der Waals surface area contributed by atoms with Gasteiger partial charge >= 0.3 is 0 Å². The molecule has 0 aliphatic rings. The van der Waals surface area contributed by atoms with Gasteiger partial charge in [0.05, 0.1) is 0 Å². The van der Waals surface area contributed by atoms with E-state index < -0.39 is 0 Å². The summed E-state index contributed by atoms with van der Waals surface area (Å²) in [6, 6.07) is 9.60. The van der Waals surface area contributed by atoms with Crippen LogP contribution in [-0.4, -0.2) is 16.3 Å². The zero-order valence-electron chi connectivity index (χ0n) is 7.42. The van der Waals surface area contributed by atoms with Gasteiger partial charge in [-0.3, -0.25) is 4.79 Å². The Bertz CT molecular complexity index is 440. The summed E-state index contributed by atoms with van der Waals surface area (Å²) in [5, 5.41) is 0. The van der Waals surface area contributed by atoms with E-state index in [2.05, 4.69) is 9.97 Å². The van der Waals surface area contributed by atoms with Crippen LogP contribution >= 0.6 is 0 Å². The Kier molecular flexibility index (Phi) is 2.32. The number of carbonyl (C=O) groups is 1. The molecule has 0 atom stereocenters. The molecular formula is C11H8N2O. The van der Waals surface area contributed by atoms with Gasteiger partial charge in [-0.25, -0.2) is 9.97 Å². The Balaban J connectivity index is 2.57. The van der Waals surface area contributed by atoms with Crippen LogP contribution in [0.2, 0.25) is 0 Å². The molecule has 0 amide bonds. The number of nitrogens with zero attached hydrogens (tertiary/aromatic N) is 2. The number of aromatic nitrogens is 2. The first-order valence-corrected chi connectivity index (χ1v) is 4.22. The van der Waals surface area contributed by atoms with Gasteiger partial charge in [0.25, 0.3) is 0 Å². The summed E-state index contributed by atoms with van der Waals surface area (Å²) in [5.41, 5.74) is 2.14. The second-order valence-electron chi connectivity index (χ2n) is 2.81. The lowest BCUT2D eigenvalue weighted by atomic mass is 10.1. The molecule has 2 rings (SSSR count). The third kappa shape index (κ3) is 1.52. The van der Waals surface area contributed by atoms with Crippen molar-refractivity contribution in [3.63, 3.8) is 0 Å². The first-order valence-electron chi connectivity index (χ1n) is 4.22. The molecule has 2 aromatic rings. The van der Waals surface area contributed by atoms with Crippen LogP contribution in [0.1, 0.15) is 10.5 Å². The zero-order valence-corrected chi connectivity index (χ0v) is 7.42. The van der Waals surface area contributed by atoms with Crippen LogP contribution in [0.5, 0.6) is 0 Å². The van der Waals surface area contributed by atoms with Crippen molar-refractivity contribution in [3.8, 4) is 11.1 Å². The predicted octanol–water partition coefficient (Wildman–Crippen LogP) is 1.96. The van der Waals surface area contributed by atoms with Crippen LogP contribution in [0.4, 0.5) is 0 Å². The second kappa shape index (κ2) is 3.79. The molecule has 0 fully saturated rings. The van der Waals surface area contributed by atoms with E-state index in [4.69, 9.17) is 0 Å². The van der Waals surface area contributed by atoms with E-state index in [0.717, 1.165) is 17.4 Å². The summed E-state index contributed by atoms with van der Waals surface area (Å²) in [6.45, 7) is 0. The molecule has 0 saturated carbocycles. The average molecular weight is 184 g/mol. The highest BCUT2D eigenvalue weighted by Gasteiger charge is 2.03. The molecule has 0 radical (unpaired) electrons. The van der Waals surface area contributed by atoms with Crippen LogP contribution in [0.3, 0.4) is 0 Å². The molecule has 0 saturated heterocycles. The fourth-order valence-corrected chi connectivity index (χ4v) is 1.27. The molecule has 0 unspecified atom stereocenters. The standard InChI is InChI=1S/C11H8N2O/c14-7-11-10(6-12-8-13-11)9-4-2-1-3-5-9/h1-8H. The molecule has 0 N–H and O–H groups in total. The largest absolute Gasteiger partial charge is 0.296 e. The minimum Gasteiger partial charge on any atom is -0.296 e. The zero-order chi connectivity index (χ0) is 9.80. The first-order chi connectivity index (χ1) is 6.92. The highest BCUT2D eigenvalue weighted by atomic mass is 16.1. The van der Waals surface area contributed by atoms with Gasteiger partial charge in [-0.05, 0) is 5.56 Å². The molecule has 1 aromatic carbocycles. The van der Waals surface area contributed by atoms with Crippen molar-refractivity contribution in [1.29, 1.82) is 0 Å². The van der Waals surface area contributed by atoms with Gasteiger partial charge in [0.2, 0.25) is 0 Å². The number of aldehydes is 1. The van der Waals surface area contributed by atoms with Crippen LogP contribution in [0.25, 0.3) is 11.1 Å². The highest BCUT2D eigenvalue weighted by molar-refractivity contribution is 5.84. The molecule has 3 heteroatoms. The van der Waals surface area contributed by atoms with E-state index in [0.29, 0.717) is 5.69 Å². The third-order valence-electron chi connectivity index (χ3n) is 1.94. The summed E-state index contributed by atoms with van der Waals surface area (Å²) in [7, 11) is 0. The number of carbonyl (C=O) groups excluding carboxylic acids is 1. The van der Waals surface area contributed by atoms with E-state index in [1.807, 2.05) is 30.3 Å². The van der Waals surface area contributed by atoms with Crippen LogP contribution in [0.15, 0.2) is 42.9 Å². The summed E-state index contributed by atoms with van der Waals surface area (Å²) < 4.78 is 0. The van der Waals surface area contributed by atoms with Gasteiger partial charge in [0, 0.05) is 11.8 Å². The van der Waals surface area contributed by atoms with E-state index in [1.54, 1.807) is 6.20 Å². The molecule has 0 bridgehead atoms. The van der Waals surface area contributed by atoms with Gasteiger partial charge in [-0.15, -0.1) is 0 Å². The van der Waals surface area contributed by atoms with Crippen molar-refractivity contribution < 1.29 is 4.79 Å². The maximum atomic E-state index is 10.7. The molecule has 68 valence electrons. The van der Waals surface area contributed by atoms with Gasteiger partial charge in [-0.1, -0.05) is 30.3 Å². The van der Waals surface area contributed by atoms with Crippen LogP contribution < -0.4 is 0 Å². The molecule has 1 heterocycles. The third-order valence-corrected chi connectivity index (χ3v) is 1.94. The number of hydrogen-bond acceptors (Lipinski definition) is 3. The maximum absolute atomic E-state index is 10.7. The van der Waals surface area contributed by atoms with Crippen LogP contribution in [0, 0.1) is 0 Å². The summed E-state index contributed by atoms with van der Waals surface area (Å²) in [5.74, 6) is 0. The summed E-state index contributed by atoms with van der Waals surface area (Å²) >= 11 is 0. The lowest BCUT2D eigenvalue weighted by Gasteiger charge is -2.01. The molecule has 0 aliphatic heterocycles. The maximum Gasteiger partial charge on any atom is 0.169 e. The fraction of sp³-hybridized carbons (Fsp3) is 0. The van der Waals surface area contributed by atoms with Crippen LogP contribution in [-0.2, 0) is 0 Å². The molecular weight excluding hydrogens is 176 g/mol. The number of rotatable bonds is 2. The first kappa shape index (κ1) is 8.56. The quantitative estimate of drug-likeness (QED) is 0.670. The second-order valence-corrected chi connectivity index (χ2v) is 2.81. The van der Waals surface area contributed by atoms with E-state index in [-0.39, 0.29) is 0 Å². The lowest BCUT2D eigenvalue weighted by Crippen LogP contribution is -1.92. The molecule has 14 heavy (non-hydrogen) atoms. The molecule has 1 aromatic heterocycles. The smallest absolute Gasteiger partial charge is 0.169 e. The van der Waals surface area contributed by atoms with Gasteiger partial charge in [0.15, 0.2) is 6.29 Å². The van der Waals surface area contributed by atoms with E-state index in [9.17, 15) is 4.79 Å².